The predicted molar refractivity (Wildman–Crippen MR) is 115 cm³/mol. The summed E-state index contributed by atoms with van der Waals surface area (Å²) in [5, 5.41) is 18.3. The van der Waals surface area contributed by atoms with Crippen LogP contribution >= 0.6 is 0 Å². The molecule has 0 atom stereocenters. The normalized spacial score (nSPS) is 21.2. The fraction of sp³-hybridized carbons (Fsp3) is 0.333. The summed E-state index contributed by atoms with van der Waals surface area (Å²) in [4.78, 5) is 11.4. The molecule has 0 saturated heterocycles. The first-order valence-electron chi connectivity index (χ1n) is 10.4. The highest BCUT2D eigenvalue weighted by atomic mass is 19.1. The second-order valence-corrected chi connectivity index (χ2v) is 8.92. The fourth-order valence-corrected chi connectivity index (χ4v) is 4.91. The highest BCUT2D eigenvalue weighted by Gasteiger charge is 2.53. The Labute approximate surface area is 177 Å². The standard InChI is InChI=1S/C24H23F2N3O2/c1-12(2)22-21(15-9-24(26,10-15)23(30)31)17-8-19-14(11-27-28-19)7-20(17)29(22)16-4-5-18(25)13(3)6-16/h4-8,11-12,15H,9-10H2,1-3H3,(H,27,28)(H,30,31)/t15-,24+. The summed E-state index contributed by atoms with van der Waals surface area (Å²) in [7, 11) is 0. The molecule has 1 aliphatic rings. The molecule has 0 bridgehead atoms. The van der Waals surface area contributed by atoms with Gasteiger partial charge in [0.2, 0.25) is 5.67 Å². The monoisotopic (exact) mass is 423 g/mol. The molecule has 4 aromatic rings. The maximum atomic E-state index is 14.7. The van der Waals surface area contributed by atoms with Crippen molar-refractivity contribution in [1.82, 2.24) is 14.8 Å². The second-order valence-electron chi connectivity index (χ2n) is 8.92. The lowest BCUT2D eigenvalue weighted by atomic mass is 9.68. The van der Waals surface area contributed by atoms with E-state index in [2.05, 4.69) is 28.6 Å². The second kappa shape index (κ2) is 6.64. The van der Waals surface area contributed by atoms with E-state index in [0.29, 0.717) is 5.56 Å². The Morgan fingerprint density at radius 1 is 1.29 bits per heavy atom. The SMILES string of the molecule is Cc1cc(-n2c(C(C)C)c([C@H]3C[C@](F)(C(=O)O)C3)c3cc4[nH]ncc4cc32)ccc1F. The van der Waals surface area contributed by atoms with E-state index in [4.69, 9.17) is 0 Å². The van der Waals surface area contributed by atoms with Crippen LogP contribution in [0.25, 0.3) is 27.5 Å². The van der Waals surface area contributed by atoms with Crippen molar-refractivity contribution < 1.29 is 18.7 Å². The number of fused-ring (bicyclic) bond motifs is 2. The molecule has 0 radical (unpaired) electrons. The van der Waals surface area contributed by atoms with Crippen LogP contribution in [0.3, 0.4) is 0 Å². The first-order valence-corrected chi connectivity index (χ1v) is 10.4. The summed E-state index contributed by atoms with van der Waals surface area (Å²) in [6.45, 7) is 5.86. The minimum absolute atomic E-state index is 0.0510. The van der Waals surface area contributed by atoms with Gasteiger partial charge in [0.05, 0.1) is 17.2 Å². The molecular weight excluding hydrogens is 400 g/mol. The number of carboxylic acid groups (broad SMARTS) is 1. The van der Waals surface area contributed by atoms with E-state index in [0.717, 1.165) is 38.8 Å². The minimum atomic E-state index is -2.18. The third-order valence-corrected chi connectivity index (χ3v) is 6.48. The average molecular weight is 423 g/mol. The van der Waals surface area contributed by atoms with Crippen LogP contribution in [0.15, 0.2) is 36.5 Å². The zero-order chi connectivity index (χ0) is 22.1. The van der Waals surface area contributed by atoms with Gasteiger partial charge in [0.25, 0.3) is 0 Å². The number of benzene rings is 2. The zero-order valence-corrected chi connectivity index (χ0v) is 17.5. The van der Waals surface area contributed by atoms with E-state index >= 15 is 0 Å². The van der Waals surface area contributed by atoms with Crippen LogP contribution in [0.1, 0.15) is 55.3 Å². The van der Waals surface area contributed by atoms with E-state index in [9.17, 15) is 18.7 Å². The van der Waals surface area contributed by atoms with Crippen molar-refractivity contribution in [3.05, 3.63) is 59.2 Å². The highest BCUT2D eigenvalue weighted by molar-refractivity contribution is 5.99. The molecule has 2 aromatic heterocycles. The topological polar surface area (TPSA) is 70.9 Å². The molecular formula is C24H23F2N3O2. The van der Waals surface area contributed by atoms with E-state index < -0.39 is 11.6 Å². The van der Waals surface area contributed by atoms with Crippen LogP contribution in [0, 0.1) is 12.7 Å². The van der Waals surface area contributed by atoms with Gasteiger partial charge in [0, 0.05) is 22.2 Å². The third kappa shape index (κ3) is 2.86. The third-order valence-electron chi connectivity index (χ3n) is 6.48. The molecule has 7 heteroatoms. The van der Waals surface area contributed by atoms with Gasteiger partial charge in [-0.1, -0.05) is 13.8 Å². The lowest BCUT2D eigenvalue weighted by Gasteiger charge is -2.39. The molecule has 0 aliphatic heterocycles. The van der Waals surface area contributed by atoms with E-state index in [1.807, 2.05) is 18.2 Å². The maximum Gasteiger partial charge on any atom is 0.341 e. The van der Waals surface area contributed by atoms with Gasteiger partial charge in [-0.2, -0.15) is 5.10 Å². The number of hydrogen-bond acceptors (Lipinski definition) is 2. The molecule has 1 fully saturated rings. The number of H-pyrrole nitrogens is 1. The fourth-order valence-electron chi connectivity index (χ4n) is 4.91. The van der Waals surface area contributed by atoms with Crippen molar-refractivity contribution in [1.29, 1.82) is 0 Å². The number of hydrogen-bond donors (Lipinski definition) is 2. The maximum absolute atomic E-state index is 14.7. The smallest absolute Gasteiger partial charge is 0.341 e. The van der Waals surface area contributed by atoms with Crippen LogP contribution in [0.2, 0.25) is 0 Å². The predicted octanol–water partition coefficient (Wildman–Crippen LogP) is 5.75. The number of carbonyl (C=O) groups is 1. The van der Waals surface area contributed by atoms with Crippen molar-refractivity contribution in [3.8, 4) is 5.69 Å². The summed E-state index contributed by atoms with van der Waals surface area (Å²) >= 11 is 0. The molecule has 31 heavy (non-hydrogen) atoms. The Hall–Kier alpha value is -3.22. The van der Waals surface area contributed by atoms with Gasteiger partial charge in [-0.25, -0.2) is 13.6 Å². The van der Waals surface area contributed by atoms with Gasteiger partial charge < -0.3 is 9.67 Å². The molecule has 1 saturated carbocycles. The number of alkyl halides is 1. The lowest BCUT2D eigenvalue weighted by Crippen LogP contribution is -2.45. The number of rotatable bonds is 4. The lowest BCUT2D eigenvalue weighted by molar-refractivity contribution is -0.158. The molecule has 2 N–H and O–H groups in total. The molecule has 0 unspecified atom stereocenters. The number of aromatic nitrogens is 3. The minimum Gasteiger partial charge on any atom is -0.479 e. The quantitative estimate of drug-likeness (QED) is 0.439. The summed E-state index contributed by atoms with van der Waals surface area (Å²) < 4.78 is 30.8. The Kier molecular flexibility index (Phi) is 4.22. The molecule has 5 rings (SSSR count). The summed E-state index contributed by atoms with van der Waals surface area (Å²) in [5.41, 5.74) is 2.93. The summed E-state index contributed by atoms with van der Waals surface area (Å²) in [5.74, 6) is -1.79. The largest absolute Gasteiger partial charge is 0.479 e. The Balaban J connectivity index is 1.82. The molecule has 0 spiro atoms. The molecule has 0 amide bonds. The van der Waals surface area contributed by atoms with Gasteiger partial charge in [-0.15, -0.1) is 0 Å². The van der Waals surface area contributed by atoms with Crippen LogP contribution < -0.4 is 0 Å². The van der Waals surface area contributed by atoms with E-state index in [1.54, 1.807) is 19.2 Å². The van der Waals surface area contributed by atoms with Crippen molar-refractivity contribution in [3.63, 3.8) is 0 Å². The highest BCUT2D eigenvalue weighted by Crippen LogP contribution is 2.52. The molecule has 160 valence electrons. The van der Waals surface area contributed by atoms with Crippen LogP contribution in [-0.4, -0.2) is 31.5 Å². The number of aliphatic carboxylic acids is 1. The van der Waals surface area contributed by atoms with Crippen molar-refractivity contribution in [2.75, 3.05) is 0 Å². The van der Waals surface area contributed by atoms with Crippen molar-refractivity contribution >= 4 is 27.8 Å². The molecule has 1 aliphatic carbocycles. The van der Waals surface area contributed by atoms with E-state index in [-0.39, 0.29) is 30.5 Å². The number of nitrogens with zero attached hydrogens (tertiary/aromatic N) is 2. The first kappa shape index (κ1) is 19.7. The molecule has 5 nitrogen and oxygen atoms in total. The van der Waals surface area contributed by atoms with Crippen molar-refractivity contribution in [2.45, 2.75) is 51.1 Å². The van der Waals surface area contributed by atoms with Crippen molar-refractivity contribution in [2.24, 2.45) is 0 Å². The average Bonchev–Trinajstić information content (AvgIpc) is 3.27. The Morgan fingerprint density at radius 2 is 2.03 bits per heavy atom. The Morgan fingerprint density at radius 3 is 2.68 bits per heavy atom. The number of aromatic amines is 1. The zero-order valence-electron chi connectivity index (χ0n) is 17.5. The first-order chi connectivity index (χ1) is 14.7. The van der Waals surface area contributed by atoms with E-state index in [1.165, 1.54) is 6.07 Å². The number of nitrogens with one attached hydrogen (secondary N) is 1. The van der Waals surface area contributed by atoms with Gasteiger partial charge in [-0.3, -0.25) is 5.10 Å². The Bertz CT molecular complexity index is 1350. The van der Waals surface area contributed by atoms with Crippen LogP contribution in [-0.2, 0) is 4.79 Å². The number of halogens is 2. The summed E-state index contributed by atoms with van der Waals surface area (Å²) in [6.07, 6.45) is 1.65. The van der Waals surface area contributed by atoms with Crippen LogP contribution in [0.5, 0.6) is 0 Å². The molecule has 2 heterocycles. The number of carboxylic acids is 1. The van der Waals surface area contributed by atoms with Gasteiger partial charge >= 0.3 is 5.97 Å². The molecule has 2 aromatic carbocycles. The van der Waals surface area contributed by atoms with Gasteiger partial charge in [0.15, 0.2) is 0 Å². The summed E-state index contributed by atoms with van der Waals surface area (Å²) in [6, 6.07) is 9.04. The van der Waals surface area contributed by atoms with Crippen LogP contribution in [0.4, 0.5) is 8.78 Å². The van der Waals surface area contributed by atoms with Gasteiger partial charge in [-0.05, 0) is 73.1 Å². The van der Waals surface area contributed by atoms with Gasteiger partial charge in [0.1, 0.15) is 5.82 Å². The number of aryl methyl sites for hydroxylation is 1.